The lowest BCUT2D eigenvalue weighted by Crippen LogP contribution is -2.30. The number of nitrogen functional groups attached to an aromatic ring is 1. The smallest absolute Gasteiger partial charge is 0.225 e. The van der Waals surface area contributed by atoms with Crippen LogP contribution in [0, 0.1) is 10.5 Å². The molecule has 2 fully saturated rings. The Hall–Kier alpha value is -0.790. The number of amides is 1. The van der Waals surface area contributed by atoms with Gasteiger partial charge in [-0.1, -0.05) is 0 Å². The van der Waals surface area contributed by atoms with Crippen molar-refractivity contribution in [2.75, 3.05) is 12.3 Å². The molecule has 92 valence electrons. The summed E-state index contributed by atoms with van der Waals surface area (Å²) in [5, 5.41) is 4.49. The maximum atomic E-state index is 11.9. The molecule has 2 aliphatic heterocycles. The zero-order valence-electron chi connectivity index (χ0n) is 9.69. The van der Waals surface area contributed by atoms with Gasteiger partial charge in [-0.25, -0.2) is 4.68 Å². The normalized spacial score (nSPS) is 27.9. The number of hydrogen-bond donors (Lipinski definition) is 1. The van der Waals surface area contributed by atoms with Crippen molar-refractivity contribution in [3.63, 3.8) is 0 Å². The van der Waals surface area contributed by atoms with Crippen LogP contribution >= 0.6 is 22.6 Å². The first-order chi connectivity index (χ1) is 8.09. The summed E-state index contributed by atoms with van der Waals surface area (Å²) < 4.78 is 2.87. The Morgan fingerprint density at radius 3 is 2.88 bits per heavy atom. The maximum absolute atomic E-state index is 11.9. The average molecular weight is 346 g/mol. The standard InChI is InChI=1S/C11H15IN4O/c1-6-10(12)11(13)16(14-6)8-5-9(17)15-4-2-3-7(8)15/h7-8H,2-5,13H2,1H3. The van der Waals surface area contributed by atoms with Crippen LogP contribution < -0.4 is 5.73 Å². The lowest BCUT2D eigenvalue weighted by molar-refractivity contribution is -0.127. The van der Waals surface area contributed by atoms with Gasteiger partial charge < -0.3 is 10.6 Å². The summed E-state index contributed by atoms with van der Waals surface area (Å²) in [7, 11) is 0. The van der Waals surface area contributed by atoms with Gasteiger partial charge in [-0.15, -0.1) is 0 Å². The van der Waals surface area contributed by atoms with Crippen molar-refractivity contribution in [3.05, 3.63) is 9.26 Å². The van der Waals surface area contributed by atoms with Gasteiger partial charge in [0.2, 0.25) is 5.91 Å². The molecule has 2 unspecified atom stereocenters. The van der Waals surface area contributed by atoms with Crippen LogP contribution in [0.15, 0.2) is 0 Å². The summed E-state index contributed by atoms with van der Waals surface area (Å²) in [6.45, 7) is 2.86. The Balaban J connectivity index is 1.99. The molecule has 3 rings (SSSR count). The molecule has 3 heterocycles. The zero-order valence-corrected chi connectivity index (χ0v) is 11.8. The SMILES string of the molecule is Cc1nn(C2CC(=O)N3CCCC23)c(N)c1I. The van der Waals surface area contributed by atoms with Crippen LogP contribution in [0.5, 0.6) is 0 Å². The number of carbonyl (C=O) groups is 1. The van der Waals surface area contributed by atoms with Crippen molar-refractivity contribution in [2.24, 2.45) is 0 Å². The number of hydrogen-bond acceptors (Lipinski definition) is 3. The van der Waals surface area contributed by atoms with Crippen LogP contribution in [0.3, 0.4) is 0 Å². The van der Waals surface area contributed by atoms with E-state index in [-0.39, 0.29) is 11.9 Å². The molecule has 0 aromatic carbocycles. The van der Waals surface area contributed by atoms with E-state index in [2.05, 4.69) is 27.7 Å². The highest BCUT2D eigenvalue weighted by atomic mass is 127. The first-order valence-electron chi connectivity index (χ1n) is 5.89. The third kappa shape index (κ3) is 1.56. The number of fused-ring (bicyclic) bond motifs is 1. The largest absolute Gasteiger partial charge is 0.383 e. The van der Waals surface area contributed by atoms with Gasteiger partial charge in [0.25, 0.3) is 0 Å². The van der Waals surface area contributed by atoms with Crippen LogP contribution in [0.4, 0.5) is 5.82 Å². The fraction of sp³-hybridized carbons (Fsp3) is 0.636. The van der Waals surface area contributed by atoms with E-state index in [1.165, 1.54) is 0 Å². The van der Waals surface area contributed by atoms with E-state index in [9.17, 15) is 4.79 Å². The van der Waals surface area contributed by atoms with E-state index in [4.69, 9.17) is 5.73 Å². The van der Waals surface area contributed by atoms with Gasteiger partial charge in [0.05, 0.1) is 27.8 Å². The Morgan fingerprint density at radius 2 is 2.24 bits per heavy atom. The van der Waals surface area contributed by atoms with E-state index in [0.29, 0.717) is 18.3 Å². The number of nitrogens with zero attached hydrogens (tertiary/aromatic N) is 3. The van der Waals surface area contributed by atoms with E-state index in [1.54, 1.807) is 0 Å². The first-order valence-corrected chi connectivity index (χ1v) is 6.97. The minimum atomic E-state index is 0.132. The van der Waals surface area contributed by atoms with Gasteiger partial charge >= 0.3 is 0 Å². The minimum absolute atomic E-state index is 0.132. The quantitative estimate of drug-likeness (QED) is 0.780. The highest BCUT2D eigenvalue weighted by Crippen LogP contribution is 2.38. The van der Waals surface area contributed by atoms with Crippen molar-refractivity contribution >= 4 is 34.3 Å². The fourth-order valence-electron chi connectivity index (χ4n) is 2.98. The summed E-state index contributed by atoms with van der Waals surface area (Å²) >= 11 is 2.21. The first kappa shape index (κ1) is 11.3. The van der Waals surface area contributed by atoms with Crippen LogP contribution in [-0.4, -0.2) is 33.2 Å². The number of aromatic nitrogens is 2. The van der Waals surface area contributed by atoms with Gasteiger partial charge in [-0.05, 0) is 42.4 Å². The van der Waals surface area contributed by atoms with E-state index in [0.717, 1.165) is 28.7 Å². The molecule has 0 bridgehead atoms. The lowest BCUT2D eigenvalue weighted by atomic mass is 10.1. The second-order valence-electron chi connectivity index (χ2n) is 4.80. The molecule has 2 aliphatic rings. The zero-order chi connectivity index (χ0) is 12.2. The van der Waals surface area contributed by atoms with Crippen LogP contribution in [0.25, 0.3) is 0 Å². The number of carbonyl (C=O) groups excluding carboxylic acids is 1. The summed E-state index contributed by atoms with van der Waals surface area (Å²) in [5.41, 5.74) is 7.03. The van der Waals surface area contributed by atoms with Crippen LogP contribution in [-0.2, 0) is 4.79 Å². The van der Waals surface area contributed by atoms with Crippen molar-refractivity contribution in [2.45, 2.75) is 38.3 Å². The molecule has 5 nitrogen and oxygen atoms in total. The fourth-order valence-corrected chi connectivity index (χ4v) is 3.34. The predicted molar refractivity (Wildman–Crippen MR) is 72.5 cm³/mol. The molecule has 0 aliphatic carbocycles. The second kappa shape index (κ2) is 3.86. The molecular formula is C11H15IN4O. The second-order valence-corrected chi connectivity index (χ2v) is 5.88. The summed E-state index contributed by atoms with van der Waals surface area (Å²) in [5.74, 6) is 0.953. The molecule has 0 radical (unpaired) electrons. The number of nitrogens with two attached hydrogens (primary N) is 1. The molecule has 6 heteroatoms. The molecule has 17 heavy (non-hydrogen) atoms. The van der Waals surface area contributed by atoms with E-state index < -0.39 is 0 Å². The number of anilines is 1. The molecule has 2 N–H and O–H groups in total. The number of halogens is 1. The number of aryl methyl sites for hydroxylation is 1. The third-order valence-corrected chi connectivity index (χ3v) is 5.14. The molecule has 1 amide bonds. The van der Waals surface area contributed by atoms with Gasteiger partial charge in [-0.3, -0.25) is 4.79 Å². The summed E-state index contributed by atoms with van der Waals surface area (Å²) in [4.78, 5) is 13.9. The topological polar surface area (TPSA) is 64.2 Å². The molecule has 1 aromatic rings. The summed E-state index contributed by atoms with van der Waals surface area (Å²) in [6, 6.07) is 0.437. The summed E-state index contributed by atoms with van der Waals surface area (Å²) in [6.07, 6.45) is 2.72. The maximum Gasteiger partial charge on any atom is 0.225 e. The minimum Gasteiger partial charge on any atom is -0.383 e. The van der Waals surface area contributed by atoms with Crippen molar-refractivity contribution in [1.82, 2.24) is 14.7 Å². The highest BCUT2D eigenvalue weighted by Gasteiger charge is 2.44. The van der Waals surface area contributed by atoms with Gasteiger partial charge in [0.15, 0.2) is 0 Å². The molecule has 1 aromatic heterocycles. The molecular weight excluding hydrogens is 331 g/mol. The lowest BCUT2D eigenvalue weighted by Gasteiger charge is -2.21. The Morgan fingerprint density at radius 1 is 1.47 bits per heavy atom. The van der Waals surface area contributed by atoms with E-state index in [1.807, 2.05) is 16.5 Å². The molecule has 0 saturated carbocycles. The predicted octanol–water partition coefficient (Wildman–Crippen LogP) is 1.31. The molecule has 2 atom stereocenters. The molecule has 0 spiro atoms. The van der Waals surface area contributed by atoms with Crippen LogP contribution in [0.1, 0.15) is 31.0 Å². The Bertz CT molecular complexity index is 484. The van der Waals surface area contributed by atoms with Crippen molar-refractivity contribution < 1.29 is 4.79 Å². The Kier molecular flexibility index (Phi) is 2.57. The average Bonchev–Trinajstić information content (AvgIpc) is 2.94. The van der Waals surface area contributed by atoms with Gasteiger partial charge in [0, 0.05) is 6.54 Å². The van der Waals surface area contributed by atoms with Crippen molar-refractivity contribution in [1.29, 1.82) is 0 Å². The van der Waals surface area contributed by atoms with Crippen LogP contribution in [0.2, 0.25) is 0 Å². The molecule has 2 saturated heterocycles. The highest BCUT2D eigenvalue weighted by molar-refractivity contribution is 14.1. The van der Waals surface area contributed by atoms with Gasteiger partial charge in [0.1, 0.15) is 5.82 Å². The Labute approximate surface area is 113 Å². The van der Waals surface area contributed by atoms with E-state index >= 15 is 0 Å². The van der Waals surface area contributed by atoms with Crippen molar-refractivity contribution in [3.8, 4) is 0 Å². The van der Waals surface area contributed by atoms with Gasteiger partial charge in [-0.2, -0.15) is 5.10 Å². The number of rotatable bonds is 1. The third-order valence-electron chi connectivity index (χ3n) is 3.81. The monoisotopic (exact) mass is 346 g/mol.